The molecule has 0 aliphatic carbocycles. The number of anilines is 1. The second-order valence-electron chi connectivity index (χ2n) is 8.93. The SMILES string of the molecule is Cc1ccc(C2=C(N3CC(C)CC(C)C3)C(=O)N(c3ccc(F)cc3F)C2=O)c(C)c1. The van der Waals surface area contributed by atoms with E-state index in [0.29, 0.717) is 42.3 Å². The second kappa shape index (κ2) is 7.91. The van der Waals surface area contributed by atoms with Crippen LogP contribution in [0, 0.1) is 37.3 Å². The Labute approximate surface area is 181 Å². The first-order valence-corrected chi connectivity index (χ1v) is 10.6. The first-order valence-electron chi connectivity index (χ1n) is 10.6. The van der Waals surface area contributed by atoms with Crippen LogP contribution in [0.15, 0.2) is 42.1 Å². The maximum Gasteiger partial charge on any atom is 0.282 e. The largest absolute Gasteiger partial charge is 0.366 e. The van der Waals surface area contributed by atoms with Crippen LogP contribution in [0.25, 0.3) is 5.57 Å². The Kier molecular flexibility index (Phi) is 5.42. The zero-order valence-corrected chi connectivity index (χ0v) is 18.2. The Hall–Kier alpha value is -3.02. The third-order valence-corrected chi connectivity index (χ3v) is 6.05. The van der Waals surface area contributed by atoms with E-state index in [1.807, 2.05) is 36.9 Å². The van der Waals surface area contributed by atoms with Crippen molar-refractivity contribution in [3.63, 3.8) is 0 Å². The topological polar surface area (TPSA) is 40.6 Å². The third-order valence-electron chi connectivity index (χ3n) is 6.05. The number of hydrogen-bond donors (Lipinski definition) is 0. The average molecular weight is 424 g/mol. The molecule has 0 N–H and O–H groups in total. The monoisotopic (exact) mass is 424 g/mol. The van der Waals surface area contributed by atoms with Crippen LogP contribution < -0.4 is 4.90 Å². The molecule has 2 aliphatic heterocycles. The maximum atomic E-state index is 14.6. The van der Waals surface area contributed by atoms with Gasteiger partial charge in [-0.1, -0.05) is 37.6 Å². The van der Waals surface area contributed by atoms with Crippen molar-refractivity contribution in [2.75, 3.05) is 18.0 Å². The summed E-state index contributed by atoms with van der Waals surface area (Å²) in [5, 5.41) is 0. The Balaban J connectivity index is 1.89. The minimum Gasteiger partial charge on any atom is -0.366 e. The first-order chi connectivity index (χ1) is 14.7. The maximum absolute atomic E-state index is 14.6. The third kappa shape index (κ3) is 3.75. The van der Waals surface area contributed by atoms with Crippen molar-refractivity contribution >= 4 is 23.1 Å². The molecule has 2 unspecified atom stereocenters. The molecule has 0 saturated carbocycles. The standard InChI is InChI=1S/C25H26F2N2O2/c1-14-5-7-19(17(4)10-14)22-23(28-12-15(2)9-16(3)13-28)25(31)29(24(22)30)21-8-6-18(26)11-20(21)27/h5-8,10-11,15-16H,9,12-13H2,1-4H3. The van der Waals surface area contributed by atoms with Gasteiger partial charge < -0.3 is 4.90 Å². The fraction of sp³-hybridized carbons (Fsp3) is 0.360. The van der Waals surface area contributed by atoms with Crippen molar-refractivity contribution in [2.24, 2.45) is 11.8 Å². The van der Waals surface area contributed by atoms with Gasteiger partial charge in [-0.2, -0.15) is 0 Å². The summed E-state index contributed by atoms with van der Waals surface area (Å²) in [6.07, 6.45) is 1.04. The summed E-state index contributed by atoms with van der Waals surface area (Å²) in [5.74, 6) is -2.13. The average Bonchev–Trinajstić information content (AvgIpc) is 2.92. The number of amides is 2. The number of hydrogen-bond acceptors (Lipinski definition) is 3. The molecule has 4 nitrogen and oxygen atoms in total. The van der Waals surface area contributed by atoms with E-state index in [2.05, 4.69) is 13.8 Å². The van der Waals surface area contributed by atoms with Crippen LogP contribution in [0.2, 0.25) is 0 Å². The van der Waals surface area contributed by atoms with E-state index in [0.717, 1.165) is 34.6 Å². The lowest BCUT2D eigenvalue weighted by molar-refractivity contribution is -0.121. The number of benzene rings is 2. The molecule has 4 rings (SSSR count). The van der Waals surface area contributed by atoms with E-state index in [1.165, 1.54) is 0 Å². The summed E-state index contributed by atoms with van der Waals surface area (Å²) in [5.41, 5.74) is 2.93. The number of nitrogens with zero attached hydrogens (tertiary/aromatic N) is 2. The highest BCUT2D eigenvalue weighted by atomic mass is 19.1. The molecular weight excluding hydrogens is 398 g/mol. The number of imide groups is 1. The van der Waals surface area contributed by atoms with Gasteiger partial charge in [0.2, 0.25) is 0 Å². The number of carbonyl (C=O) groups is 2. The molecule has 31 heavy (non-hydrogen) atoms. The molecular formula is C25H26F2N2O2. The highest BCUT2D eigenvalue weighted by Gasteiger charge is 2.44. The summed E-state index contributed by atoms with van der Waals surface area (Å²) in [7, 11) is 0. The Morgan fingerprint density at radius 2 is 1.58 bits per heavy atom. The number of aryl methyl sites for hydroxylation is 2. The van der Waals surface area contributed by atoms with Crippen LogP contribution in [0.5, 0.6) is 0 Å². The zero-order valence-electron chi connectivity index (χ0n) is 18.2. The smallest absolute Gasteiger partial charge is 0.282 e. The second-order valence-corrected chi connectivity index (χ2v) is 8.93. The molecule has 0 spiro atoms. The summed E-state index contributed by atoms with van der Waals surface area (Å²) >= 11 is 0. The molecule has 2 aliphatic rings. The number of likely N-dealkylation sites (tertiary alicyclic amines) is 1. The van der Waals surface area contributed by atoms with Crippen molar-refractivity contribution < 1.29 is 18.4 Å². The Morgan fingerprint density at radius 3 is 2.19 bits per heavy atom. The van der Waals surface area contributed by atoms with Crippen molar-refractivity contribution in [1.29, 1.82) is 0 Å². The summed E-state index contributed by atoms with van der Waals surface area (Å²) < 4.78 is 28.1. The van der Waals surface area contributed by atoms with E-state index in [-0.39, 0.29) is 11.3 Å². The molecule has 2 heterocycles. The van der Waals surface area contributed by atoms with Crippen molar-refractivity contribution in [2.45, 2.75) is 34.1 Å². The lowest BCUT2D eigenvalue weighted by Gasteiger charge is -2.37. The summed E-state index contributed by atoms with van der Waals surface area (Å²) in [6, 6.07) is 8.58. The lowest BCUT2D eigenvalue weighted by atomic mass is 9.90. The molecule has 162 valence electrons. The molecule has 1 fully saturated rings. The van der Waals surface area contributed by atoms with Crippen LogP contribution in [-0.2, 0) is 9.59 Å². The quantitative estimate of drug-likeness (QED) is 0.662. The fourth-order valence-electron chi connectivity index (χ4n) is 4.88. The van der Waals surface area contributed by atoms with Crippen LogP contribution in [0.4, 0.5) is 14.5 Å². The number of piperidine rings is 1. The number of carbonyl (C=O) groups excluding carboxylic acids is 2. The van der Waals surface area contributed by atoms with Gasteiger partial charge in [0, 0.05) is 19.2 Å². The van der Waals surface area contributed by atoms with E-state index in [1.54, 1.807) is 0 Å². The molecule has 2 aromatic rings. The summed E-state index contributed by atoms with van der Waals surface area (Å²) in [6.45, 7) is 9.40. The van der Waals surface area contributed by atoms with Crippen LogP contribution in [0.3, 0.4) is 0 Å². The van der Waals surface area contributed by atoms with Crippen LogP contribution in [-0.4, -0.2) is 29.8 Å². The fourth-order valence-corrected chi connectivity index (χ4v) is 4.88. The van der Waals surface area contributed by atoms with Gasteiger partial charge in [0.1, 0.15) is 17.3 Å². The minimum absolute atomic E-state index is 0.230. The van der Waals surface area contributed by atoms with Crippen LogP contribution >= 0.6 is 0 Å². The molecule has 2 aromatic carbocycles. The van der Waals surface area contributed by atoms with Crippen LogP contribution in [0.1, 0.15) is 37.0 Å². The molecule has 0 radical (unpaired) electrons. The molecule has 0 bridgehead atoms. The highest BCUT2D eigenvalue weighted by molar-refractivity contribution is 6.45. The molecule has 6 heteroatoms. The Morgan fingerprint density at radius 1 is 0.903 bits per heavy atom. The molecule has 2 amide bonds. The highest BCUT2D eigenvalue weighted by Crippen LogP contribution is 2.39. The predicted octanol–water partition coefficient (Wildman–Crippen LogP) is 4.84. The van der Waals surface area contributed by atoms with Gasteiger partial charge >= 0.3 is 0 Å². The minimum atomic E-state index is -0.941. The van der Waals surface area contributed by atoms with E-state index < -0.39 is 23.4 Å². The zero-order chi connectivity index (χ0) is 22.4. The van der Waals surface area contributed by atoms with Gasteiger partial charge in [-0.15, -0.1) is 0 Å². The predicted molar refractivity (Wildman–Crippen MR) is 116 cm³/mol. The first kappa shape index (κ1) is 21.2. The summed E-state index contributed by atoms with van der Waals surface area (Å²) in [4.78, 5) is 30.0. The van der Waals surface area contributed by atoms with Gasteiger partial charge in [-0.05, 0) is 55.4 Å². The van der Waals surface area contributed by atoms with E-state index >= 15 is 0 Å². The van der Waals surface area contributed by atoms with Crippen molar-refractivity contribution in [3.8, 4) is 0 Å². The lowest BCUT2D eigenvalue weighted by Crippen LogP contribution is -2.42. The van der Waals surface area contributed by atoms with Crippen molar-refractivity contribution in [3.05, 3.63) is 70.4 Å². The normalized spacial score (nSPS) is 22.0. The van der Waals surface area contributed by atoms with Gasteiger partial charge in [0.05, 0.1) is 11.3 Å². The van der Waals surface area contributed by atoms with Crippen molar-refractivity contribution in [1.82, 2.24) is 4.90 Å². The van der Waals surface area contributed by atoms with Gasteiger partial charge in [-0.25, -0.2) is 13.7 Å². The van der Waals surface area contributed by atoms with E-state index in [9.17, 15) is 18.4 Å². The molecule has 1 saturated heterocycles. The van der Waals surface area contributed by atoms with Gasteiger partial charge in [0.15, 0.2) is 0 Å². The molecule has 0 aromatic heterocycles. The molecule has 2 atom stereocenters. The number of rotatable bonds is 3. The Bertz CT molecular complexity index is 1100. The van der Waals surface area contributed by atoms with Gasteiger partial charge in [0.25, 0.3) is 11.8 Å². The van der Waals surface area contributed by atoms with Gasteiger partial charge in [-0.3, -0.25) is 9.59 Å². The van der Waals surface area contributed by atoms with E-state index in [4.69, 9.17) is 0 Å². The number of halogens is 2.